The third-order valence-corrected chi connectivity index (χ3v) is 4.56. The van der Waals surface area contributed by atoms with Gasteiger partial charge in [-0.3, -0.25) is 0 Å². The van der Waals surface area contributed by atoms with Crippen LogP contribution in [0.3, 0.4) is 0 Å². The molecule has 1 aromatic carbocycles. The number of hydrogen-bond acceptors (Lipinski definition) is 6. The minimum Gasteiger partial charge on any atom is -0.381 e. The molecule has 1 aliphatic heterocycles. The van der Waals surface area contributed by atoms with Gasteiger partial charge in [-0.25, -0.2) is 0 Å². The molecule has 6 heteroatoms. The average molecular weight is 305 g/mol. The van der Waals surface area contributed by atoms with E-state index in [0.29, 0.717) is 30.7 Å². The van der Waals surface area contributed by atoms with Gasteiger partial charge in [0.25, 0.3) is 0 Å². The zero-order valence-corrected chi connectivity index (χ0v) is 12.8. The summed E-state index contributed by atoms with van der Waals surface area (Å²) in [6, 6.07) is 8.41. The maximum Gasteiger partial charge on any atom is 0.233 e. The van der Waals surface area contributed by atoms with Gasteiger partial charge in [-0.2, -0.15) is 4.98 Å². The van der Waals surface area contributed by atoms with Crippen LogP contribution in [0.15, 0.2) is 33.7 Å². The first-order chi connectivity index (χ1) is 10.2. The van der Waals surface area contributed by atoms with E-state index in [2.05, 4.69) is 41.3 Å². The number of aromatic nitrogens is 2. The number of ether oxygens (including phenoxy) is 1. The highest BCUT2D eigenvalue weighted by atomic mass is 32.2. The molecule has 0 aliphatic carbocycles. The second-order valence-corrected chi connectivity index (χ2v) is 6.34. The van der Waals surface area contributed by atoms with Gasteiger partial charge in [-0.05, 0) is 25.5 Å². The van der Waals surface area contributed by atoms with E-state index in [0.717, 1.165) is 6.42 Å². The Balaban J connectivity index is 1.62. The van der Waals surface area contributed by atoms with Gasteiger partial charge in [0, 0.05) is 17.5 Å². The first-order valence-electron chi connectivity index (χ1n) is 7.07. The van der Waals surface area contributed by atoms with Crippen molar-refractivity contribution in [2.24, 2.45) is 5.73 Å². The monoisotopic (exact) mass is 305 g/mol. The van der Waals surface area contributed by atoms with E-state index in [-0.39, 0.29) is 12.0 Å². The molecular weight excluding hydrogens is 286 g/mol. The third-order valence-electron chi connectivity index (χ3n) is 3.57. The van der Waals surface area contributed by atoms with Crippen molar-refractivity contribution in [3.05, 3.63) is 41.5 Å². The molecule has 2 atom stereocenters. The van der Waals surface area contributed by atoms with E-state index in [9.17, 15) is 0 Å². The van der Waals surface area contributed by atoms with E-state index in [1.54, 1.807) is 11.8 Å². The molecule has 21 heavy (non-hydrogen) atoms. The molecule has 2 unspecified atom stereocenters. The summed E-state index contributed by atoms with van der Waals surface area (Å²) in [6.07, 6.45) is 0.834. The first-order valence-corrected chi connectivity index (χ1v) is 8.06. The van der Waals surface area contributed by atoms with Crippen molar-refractivity contribution >= 4 is 11.8 Å². The molecule has 2 N–H and O–H groups in total. The highest BCUT2D eigenvalue weighted by Crippen LogP contribution is 2.26. The lowest BCUT2D eigenvalue weighted by Gasteiger charge is -2.25. The van der Waals surface area contributed by atoms with Crippen LogP contribution in [-0.4, -0.2) is 29.4 Å². The molecule has 1 saturated heterocycles. The maximum atomic E-state index is 6.09. The van der Waals surface area contributed by atoms with Crippen LogP contribution in [0.4, 0.5) is 0 Å². The molecule has 0 saturated carbocycles. The Morgan fingerprint density at radius 1 is 1.43 bits per heavy atom. The van der Waals surface area contributed by atoms with Gasteiger partial charge in [0.15, 0.2) is 5.82 Å². The number of rotatable bonds is 4. The molecule has 0 bridgehead atoms. The average Bonchev–Trinajstić information content (AvgIpc) is 2.94. The van der Waals surface area contributed by atoms with Crippen molar-refractivity contribution in [2.45, 2.75) is 36.0 Å². The predicted molar refractivity (Wildman–Crippen MR) is 81.2 cm³/mol. The van der Waals surface area contributed by atoms with Gasteiger partial charge in [-0.15, -0.1) is 11.8 Å². The van der Waals surface area contributed by atoms with Crippen LogP contribution in [0.5, 0.6) is 0 Å². The molecule has 112 valence electrons. The van der Waals surface area contributed by atoms with Crippen LogP contribution < -0.4 is 5.73 Å². The van der Waals surface area contributed by atoms with Crippen LogP contribution in [0, 0.1) is 6.92 Å². The molecule has 2 aromatic rings. The summed E-state index contributed by atoms with van der Waals surface area (Å²) in [4.78, 5) is 5.67. The number of benzene rings is 1. The van der Waals surface area contributed by atoms with E-state index in [4.69, 9.17) is 15.0 Å². The highest BCUT2D eigenvalue weighted by molar-refractivity contribution is 7.98. The van der Waals surface area contributed by atoms with Gasteiger partial charge >= 0.3 is 0 Å². The number of thioether (sulfide) groups is 1. The molecule has 1 aliphatic rings. The lowest BCUT2D eigenvalue weighted by atomic mass is 9.97. The van der Waals surface area contributed by atoms with Crippen molar-refractivity contribution in [3.63, 3.8) is 0 Å². The molecule has 1 aromatic heterocycles. The van der Waals surface area contributed by atoms with Crippen LogP contribution in [0.2, 0.25) is 0 Å². The van der Waals surface area contributed by atoms with Crippen molar-refractivity contribution in [1.82, 2.24) is 10.1 Å². The fraction of sp³-hybridized carbons (Fsp3) is 0.467. The zero-order valence-electron chi connectivity index (χ0n) is 12.0. The standard InChI is InChI=1S/C15H19N3O2S/c1-10-3-2-4-11(7-10)21-9-14-17-15(20-18-14)12-8-19-6-5-13(12)16/h2-4,7,12-13H,5-6,8-9,16H2,1H3. The number of nitrogens with zero attached hydrogens (tertiary/aromatic N) is 2. The topological polar surface area (TPSA) is 74.2 Å². The molecule has 5 nitrogen and oxygen atoms in total. The Morgan fingerprint density at radius 3 is 3.14 bits per heavy atom. The summed E-state index contributed by atoms with van der Waals surface area (Å²) in [7, 11) is 0. The summed E-state index contributed by atoms with van der Waals surface area (Å²) in [5.74, 6) is 2.01. The number of aryl methyl sites for hydroxylation is 1. The van der Waals surface area contributed by atoms with Crippen LogP contribution >= 0.6 is 11.8 Å². The van der Waals surface area contributed by atoms with E-state index in [1.165, 1.54) is 10.5 Å². The first kappa shape index (κ1) is 14.6. The fourth-order valence-electron chi connectivity index (χ4n) is 2.34. The van der Waals surface area contributed by atoms with E-state index >= 15 is 0 Å². The Bertz CT molecular complexity index is 602. The zero-order chi connectivity index (χ0) is 14.7. The van der Waals surface area contributed by atoms with Crippen molar-refractivity contribution in [3.8, 4) is 0 Å². The van der Waals surface area contributed by atoms with Gasteiger partial charge in [0.1, 0.15) is 0 Å². The predicted octanol–water partition coefficient (Wildman–Crippen LogP) is 2.50. The Morgan fingerprint density at radius 2 is 2.33 bits per heavy atom. The van der Waals surface area contributed by atoms with Gasteiger partial charge < -0.3 is 15.0 Å². The molecule has 3 rings (SSSR count). The molecule has 0 spiro atoms. The number of nitrogens with two attached hydrogens (primary N) is 1. The Hall–Kier alpha value is -1.37. The largest absolute Gasteiger partial charge is 0.381 e. The summed E-state index contributed by atoms with van der Waals surface area (Å²) in [5, 5.41) is 4.05. The maximum absolute atomic E-state index is 6.09. The van der Waals surface area contributed by atoms with Gasteiger partial charge in [-0.1, -0.05) is 22.9 Å². The molecule has 0 radical (unpaired) electrons. The SMILES string of the molecule is Cc1cccc(SCc2noc(C3COCCC3N)n2)c1. The van der Waals surface area contributed by atoms with Crippen LogP contribution in [0.1, 0.15) is 29.6 Å². The molecule has 1 fully saturated rings. The molecule has 2 heterocycles. The minimum absolute atomic E-state index is 0.0176. The lowest BCUT2D eigenvalue weighted by Crippen LogP contribution is -2.37. The summed E-state index contributed by atoms with van der Waals surface area (Å²) < 4.78 is 10.8. The van der Waals surface area contributed by atoms with E-state index < -0.39 is 0 Å². The molecule has 0 amide bonds. The summed E-state index contributed by atoms with van der Waals surface area (Å²) in [6.45, 7) is 3.36. The fourth-order valence-corrected chi connectivity index (χ4v) is 3.20. The normalized spacial score (nSPS) is 22.4. The molecular formula is C15H19N3O2S. The summed E-state index contributed by atoms with van der Waals surface area (Å²) in [5.41, 5.74) is 7.34. The Kier molecular flexibility index (Phi) is 4.57. The highest BCUT2D eigenvalue weighted by Gasteiger charge is 2.29. The quantitative estimate of drug-likeness (QED) is 0.875. The smallest absolute Gasteiger partial charge is 0.233 e. The van der Waals surface area contributed by atoms with Crippen molar-refractivity contribution < 1.29 is 9.26 Å². The van der Waals surface area contributed by atoms with Crippen LogP contribution in [0.25, 0.3) is 0 Å². The van der Waals surface area contributed by atoms with Crippen molar-refractivity contribution in [1.29, 1.82) is 0 Å². The van der Waals surface area contributed by atoms with Crippen molar-refractivity contribution in [2.75, 3.05) is 13.2 Å². The van der Waals surface area contributed by atoms with Crippen LogP contribution in [-0.2, 0) is 10.5 Å². The van der Waals surface area contributed by atoms with Gasteiger partial charge in [0.2, 0.25) is 5.89 Å². The lowest BCUT2D eigenvalue weighted by molar-refractivity contribution is 0.0590. The second kappa shape index (κ2) is 6.60. The Labute approximate surface area is 128 Å². The van der Waals surface area contributed by atoms with Gasteiger partial charge in [0.05, 0.1) is 18.3 Å². The minimum atomic E-state index is 0.0176. The summed E-state index contributed by atoms with van der Waals surface area (Å²) >= 11 is 1.70. The number of hydrogen-bond donors (Lipinski definition) is 1. The third kappa shape index (κ3) is 3.64. The van der Waals surface area contributed by atoms with E-state index in [1.807, 2.05) is 0 Å². The second-order valence-electron chi connectivity index (χ2n) is 5.29.